The molecule has 1 aromatic heterocycles. The first-order valence-corrected chi connectivity index (χ1v) is 8.98. The van der Waals surface area contributed by atoms with Gasteiger partial charge in [0.2, 0.25) is 0 Å². The van der Waals surface area contributed by atoms with E-state index in [1.807, 2.05) is 34.5 Å². The van der Waals surface area contributed by atoms with Gasteiger partial charge in [0.25, 0.3) is 0 Å². The molecule has 0 saturated carbocycles. The van der Waals surface area contributed by atoms with E-state index in [2.05, 4.69) is 4.98 Å². The predicted octanol–water partition coefficient (Wildman–Crippen LogP) is 2.50. The summed E-state index contributed by atoms with van der Waals surface area (Å²) in [6.07, 6.45) is 0.667. The molecule has 1 aliphatic rings. The lowest BCUT2D eigenvalue weighted by atomic mass is 10.2. The van der Waals surface area contributed by atoms with Gasteiger partial charge >= 0.3 is 5.97 Å². The number of β-amino-alcohol motifs (C(OH)–C–C–N with tert-alkyl or cyclic N) is 1. The average Bonchev–Trinajstić information content (AvgIpc) is 3.15. The number of aliphatic hydroxyl groups excluding tert-OH is 1. The monoisotopic (exact) mass is 366 g/mol. The van der Waals surface area contributed by atoms with Gasteiger partial charge in [-0.2, -0.15) is 0 Å². The van der Waals surface area contributed by atoms with Gasteiger partial charge < -0.3 is 9.84 Å². The molecule has 0 aliphatic carbocycles. The topological polar surface area (TPSA) is 62.7 Å². The van der Waals surface area contributed by atoms with Crippen molar-refractivity contribution in [2.24, 2.45) is 0 Å². The van der Waals surface area contributed by atoms with E-state index in [0.29, 0.717) is 19.5 Å². The van der Waals surface area contributed by atoms with Gasteiger partial charge in [-0.1, -0.05) is 23.7 Å². The maximum Gasteiger partial charge on any atom is 0.323 e. The number of carbonyl (C=O) groups excluding carboxylic acids is 1. The smallest absolute Gasteiger partial charge is 0.323 e. The first-order chi connectivity index (χ1) is 11.5. The van der Waals surface area contributed by atoms with Crippen LogP contribution < -0.4 is 0 Å². The highest BCUT2D eigenvalue weighted by Gasteiger charge is 2.36. The molecule has 7 heteroatoms. The number of halogens is 1. The van der Waals surface area contributed by atoms with Crippen molar-refractivity contribution >= 4 is 28.9 Å². The number of hydrogen-bond donors (Lipinski definition) is 1. The molecular formula is C17H19ClN2O3S. The van der Waals surface area contributed by atoms with Crippen molar-refractivity contribution in [2.45, 2.75) is 31.5 Å². The summed E-state index contributed by atoms with van der Waals surface area (Å²) in [6, 6.07) is 7.34. The highest BCUT2D eigenvalue weighted by atomic mass is 35.5. The molecule has 1 saturated heterocycles. The van der Waals surface area contributed by atoms with Crippen LogP contribution in [0.4, 0.5) is 0 Å². The van der Waals surface area contributed by atoms with Crippen LogP contribution in [0.3, 0.4) is 0 Å². The van der Waals surface area contributed by atoms with Gasteiger partial charge in [0.15, 0.2) is 0 Å². The van der Waals surface area contributed by atoms with Crippen LogP contribution in [0.5, 0.6) is 0 Å². The van der Waals surface area contributed by atoms with Crippen molar-refractivity contribution in [3.05, 3.63) is 50.9 Å². The summed E-state index contributed by atoms with van der Waals surface area (Å²) in [5, 5.41) is 13.6. The SMILES string of the molecule is COC(=O)[C@@H]1C[C@@H](O)CN1Cc1csc(Cc2ccc(Cl)cc2)n1. The Morgan fingerprint density at radius 1 is 1.46 bits per heavy atom. The molecule has 0 bridgehead atoms. The van der Waals surface area contributed by atoms with E-state index < -0.39 is 12.1 Å². The maximum atomic E-state index is 11.8. The number of rotatable bonds is 5. The number of ether oxygens (including phenoxy) is 1. The number of aromatic nitrogens is 1. The van der Waals surface area contributed by atoms with E-state index in [1.165, 1.54) is 7.11 Å². The standard InChI is InChI=1S/C17H19ClN2O3S/c1-23-17(22)15-7-14(21)9-20(15)8-13-10-24-16(19-13)6-11-2-4-12(18)5-3-11/h2-5,10,14-15,21H,6-9H2,1H3/t14-,15+/m1/s1. The fourth-order valence-corrected chi connectivity index (χ4v) is 3.87. The lowest BCUT2D eigenvalue weighted by Crippen LogP contribution is -2.36. The van der Waals surface area contributed by atoms with E-state index in [9.17, 15) is 9.90 Å². The van der Waals surface area contributed by atoms with Crippen LogP contribution in [0.25, 0.3) is 0 Å². The van der Waals surface area contributed by atoms with Gasteiger partial charge in [0.1, 0.15) is 6.04 Å². The van der Waals surface area contributed by atoms with Crippen molar-refractivity contribution in [1.82, 2.24) is 9.88 Å². The molecule has 1 fully saturated rings. The summed E-state index contributed by atoms with van der Waals surface area (Å²) in [5.41, 5.74) is 2.07. The Labute approximate surface area is 149 Å². The van der Waals surface area contributed by atoms with Crippen molar-refractivity contribution in [3.8, 4) is 0 Å². The molecule has 2 aromatic rings. The number of esters is 1. The Bertz CT molecular complexity index is 704. The van der Waals surface area contributed by atoms with Gasteiger partial charge in [0, 0.05) is 36.3 Å². The Kier molecular flexibility index (Phi) is 5.50. The van der Waals surface area contributed by atoms with Crippen LogP contribution >= 0.6 is 22.9 Å². The second-order valence-electron chi connectivity index (χ2n) is 5.89. The van der Waals surface area contributed by atoms with Crippen LogP contribution in [0.15, 0.2) is 29.6 Å². The third-order valence-electron chi connectivity index (χ3n) is 4.09. The molecule has 5 nitrogen and oxygen atoms in total. The number of thiazole rings is 1. The van der Waals surface area contributed by atoms with Crippen molar-refractivity contribution < 1.29 is 14.6 Å². The van der Waals surface area contributed by atoms with Crippen LogP contribution in [0.1, 0.15) is 22.7 Å². The zero-order chi connectivity index (χ0) is 17.1. The normalized spacial score (nSPS) is 21.1. The number of carbonyl (C=O) groups is 1. The Balaban J connectivity index is 1.65. The summed E-state index contributed by atoms with van der Waals surface area (Å²) < 4.78 is 4.82. The average molecular weight is 367 g/mol. The van der Waals surface area contributed by atoms with Gasteiger partial charge in [-0.25, -0.2) is 4.98 Å². The van der Waals surface area contributed by atoms with Crippen LogP contribution in [-0.4, -0.2) is 46.8 Å². The molecule has 2 atom stereocenters. The van der Waals surface area contributed by atoms with Crippen LogP contribution in [-0.2, 0) is 22.5 Å². The largest absolute Gasteiger partial charge is 0.468 e. The third-order valence-corrected chi connectivity index (χ3v) is 5.24. The quantitative estimate of drug-likeness (QED) is 0.824. The molecule has 128 valence electrons. The van der Waals surface area contributed by atoms with Crippen LogP contribution in [0.2, 0.25) is 5.02 Å². The molecular weight excluding hydrogens is 348 g/mol. The molecule has 1 aliphatic heterocycles. The summed E-state index contributed by atoms with van der Waals surface area (Å²) in [7, 11) is 1.37. The number of benzene rings is 1. The predicted molar refractivity (Wildman–Crippen MR) is 93.2 cm³/mol. The molecule has 0 unspecified atom stereocenters. The minimum Gasteiger partial charge on any atom is -0.468 e. The van der Waals surface area contributed by atoms with E-state index in [4.69, 9.17) is 16.3 Å². The fraction of sp³-hybridized carbons (Fsp3) is 0.412. The summed E-state index contributed by atoms with van der Waals surface area (Å²) in [5.74, 6) is -0.303. The summed E-state index contributed by atoms with van der Waals surface area (Å²) in [4.78, 5) is 18.4. The second-order valence-corrected chi connectivity index (χ2v) is 7.27. The van der Waals surface area contributed by atoms with Gasteiger partial charge in [-0.3, -0.25) is 9.69 Å². The third kappa shape index (κ3) is 4.13. The lowest BCUT2D eigenvalue weighted by Gasteiger charge is -2.20. The number of aliphatic hydroxyl groups is 1. The van der Waals surface area contributed by atoms with Gasteiger partial charge in [-0.15, -0.1) is 11.3 Å². The van der Waals surface area contributed by atoms with E-state index in [-0.39, 0.29) is 5.97 Å². The lowest BCUT2D eigenvalue weighted by molar-refractivity contribution is -0.146. The van der Waals surface area contributed by atoms with Crippen molar-refractivity contribution in [3.63, 3.8) is 0 Å². The Morgan fingerprint density at radius 2 is 2.21 bits per heavy atom. The van der Waals surface area contributed by atoms with Gasteiger partial charge in [-0.05, 0) is 17.7 Å². The van der Waals surface area contributed by atoms with Crippen LogP contribution in [0, 0.1) is 0 Å². The first-order valence-electron chi connectivity index (χ1n) is 7.73. The Hall–Kier alpha value is -1.47. The molecule has 0 spiro atoms. The van der Waals surface area contributed by atoms with Gasteiger partial charge in [0.05, 0.1) is 23.9 Å². The second kappa shape index (κ2) is 7.61. The zero-order valence-electron chi connectivity index (χ0n) is 13.3. The van der Waals surface area contributed by atoms with E-state index in [1.54, 1.807) is 11.3 Å². The van der Waals surface area contributed by atoms with Crippen molar-refractivity contribution in [1.29, 1.82) is 0 Å². The molecule has 3 rings (SSSR count). The van der Waals surface area contributed by atoms with Crippen molar-refractivity contribution in [2.75, 3.05) is 13.7 Å². The molecule has 0 radical (unpaired) electrons. The molecule has 2 heterocycles. The first kappa shape index (κ1) is 17.4. The summed E-state index contributed by atoms with van der Waals surface area (Å²) >= 11 is 7.50. The maximum absolute atomic E-state index is 11.8. The number of likely N-dealkylation sites (tertiary alicyclic amines) is 1. The molecule has 1 N–H and O–H groups in total. The summed E-state index contributed by atoms with van der Waals surface area (Å²) in [6.45, 7) is 0.998. The minimum atomic E-state index is -0.499. The Morgan fingerprint density at radius 3 is 2.92 bits per heavy atom. The zero-order valence-corrected chi connectivity index (χ0v) is 14.9. The molecule has 0 amide bonds. The number of hydrogen-bond acceptors (Lipinski definition) is 6. The number of nitrogens with zero attached hydrogens (tertiary/aromatic N) is 2. The molecule has 24 heavy (non-hydrogen) atoms. The highest BCUT2D eigenvalue weighted by Crippen LogP contribution is 2.23. The number of methoxy groups -OCH3 is 1. The molecule has 1 aromatic carbocycles. The fourth-order valence-electron chi connectivity index (χ4n) is 2.92. The van der Waals surface area contributed by atoms with E-state index >= 15 is 0 Å². The van der Waals surface area contributed by atoms with E-state index in [0.717, 1.165) is 27.7 Å². The minimum absolute atomic E-state index is 0.303. The highest BCUT2D eigenvalue weighted by molar-refractivity contribution is 7.09.